The quantitative estimate of drug-likeness (QED) is 0.218. The number of anilines is 3. The van der Waals surface area contributed by atoms with Crippen LogP contribution in [0.5, 0.6) is 0 Å². The van der Waals surface area contributed by atoms with E-state index in [2.05, 4.69) is 30.6 Å². The smallest absolute Gasteiger partial charge is 0.270 e. The number of hydrogen-bond acceptors (Lipinski definition) is 7. The first-order valence-corrected chi connectivity index (χ1v) is 15.7. The second-order valence-electron chi connectivity index (χ2n) is 11.3. The van der Waals surface area contributed by atoms with E-state index in [1.54, 1.807) is 44.3 Å². The molecule has 0 spiro atoms. The van der Waals surface area contributed by atoms with Crippen LogP contribution in [0, 0.1) is 0 Å². The topological polar surface area (TPSA) is 125 Å². The van der Waals surface area contributed by atoms with Crippen LogP contribution in [-0.2, 0) is 32.7 Å². The summed E-state index contributed by atoms with van der Waals surface area (Å²) in [6, 6.07) is 20.0. The molecule has 9 nitrogen and oxygen atoms in total. The van der Waals surface area contributed by atoms with Crippen molar-refractivity contribution in [3.8, 4) is 11.1 Å². The van der Waals surface area contributed by atoms with Crippen LogP contribution in [0.25, 0.3) is 11.1 Å². The number of alkyl halides is 2. The monoisotopic (exact) mass is 620 g/mol. The highest BCUT2D eigenvalue weighted by Gasteiger charge is 2.32. The third-order valence-electron chi connectivity index (χ3n) is 7.50. The molecule has 4 aromatic rings. The summed E-state index contributed by atoms with van der Waals surface area (Å²) in [6.07, 6.45) is 2.23. The fourth-order valence-electron chi connectivity index (χ4n) is 4.76. The lowest BCUT2D eigenvalue weighted by Crippen LogP contribution is -2.39. The predicted octanol–water partition coefficient (Wildman–Crippen LogP) is 5.69. The molecule has 5 rings (SSSR count). The second kappa shape index (κ2) is 12.3. The first kappa shape index (κ1) is 31.0. The van der Waals surface area contributed by atoms with E-state index < -0.39 is 21.4 Å². The van der Waals surface area contributed by atoms with Crippen molar-refractivity contribution < 1.29 is 22.0 Å². The molecule has 12 heteroatoms. The highest BCUT2D eigenvalue weighted by molar-refractivity contribution is 7.89. The molecular formula is C32H34F2N6O3S. The van der Waals surface area contributed by atoms with Crippen LogP contribution < -0.4 is 20.7 Å². The molecule has 0 radical (unpaired) electrons. The highest BCUT2D eigenvalue weighted by Crippen LogP contribution is 2.32. The van der Waals surface area contributed by atoms with Gasteiger partial charge in [0.15, 0.2) is 0 Å². The van der Waals surface area contributed by atoms with Gasteiger partial charge in [-0.05, 0) is 61.2 Å². The minimum atomic E-state index is -3.64. The van der Waals surface area contributed by atoms with Gasteiger partial charge in [-0.15, -0.1) is 0 Å². The van der Waals surface area contributed by atoms with Crippen molar-refractivity contribution in [1.29, 1.82) is 0 Å². The lowest BCUT2D eigenvalue weighted by Gasteiger charge is -2.25. The fourth-order valence-corrected chi connectivity index (χ4v) is 5.88. The van der Waals surface area contributed by atoms with Gasteiger partial charge in [0, 0.05) is 49.6 Å². The molecule has 0 saturated carbocycles. The number of nitrogens with zero attached hydrogens (tertiary/aromatic N) is 2. The van der Waals surface area contributed by atoms with Gasteiger partial charge in [-0.3, -0.25) is 4.79 Å². The fraction of sp³-hybridized carbons (Fsp3) is 0.281. The number of aromatic nitrogens is 2. The molecule has 4 bridgehead atoms. The molecule has 0 saturated heterocycles. The van der Waals surface area contributed by atoms with E-state index >= 15 is 0 Å². The maximum Gasteiger partial charge on any atom is 0.270 e. The molecular weight excluding hydrogens is 586 g/mol. The van der Waals surface area contributed by atoms with Crippen LogP contribution >= 0.6 is 0 Å². The molecule has 1 aliphatic rings. The zero-order chi connectivity index (χ0) is 31.5. The summed E-state index contributed by atoms with van der Waals surface area (Å²) in [4.78, 5) is 22.4. The molecule has 44 heavy (non-hydrogen) atoms. The first-order chi connectivity index (χ1) is 20.8. The summed E-state index contributed by atoms with van der Waals surface area (Å²) >= 11 is 0. The maximum atomic E-state index is 13.9. The molecule has 3 aromatic carbocycles. The zero-order valence-corrected chi connectivity index (χ0v) is 25.4. The number of carbonyl (C=O) groups is 1. The Hall–Kier alpha value is -4.42. The third kappa shape index (κ3) is 7.03. The molecule has 0 atom stereocenters. The Morgan fingerprint density at radius 1 is 0.955 bits per heavy atom. The van der Waals surface area contributed by atoms with Gasteiger partial charge in [0.2, 0.25) is 21.9 Å². The molecule has 0 fully saturated rings. The Bertz CT molecular complexity index is 1770. The number of halogens is 2. The number of nitrogens with one attached hydrogen (secondary N) is 4. The summed E-state index contributed by atoms with van der Waals surface area (Å²) < 4.78 is 55.6. The number of fused-ring (bicyclic) bond motifs is 4. The third-order valence-corrected chi connectivity index (χ3v) is 8.96. The van der Waals surface area contributed by atoms with E-state index in [1.807, 2.05) is 24.3 Å². The standard InChI is InChI=1S/C32H34F2N6O3S/c1-31(2,23-7-4-8-24(17-23)32(3,33)34)29(41)36-19-21-11-13-22(14-12-21)27-20-37-30-39-25-9-5-10-26(18-25)44(42,43)38-16-6-15-35-28(27)40-30/h4-5,7-14,17-18,20,38H,6,15-16,19H2,1-3H3,(H,36,41)(H2,35,37,39,40). The van der Waals surface area contributed by atoms with Crippen molar-refractivity contribution in [2.24, 2.45) is 0 Å². The molecule has 0 aliphatic carbocycles. The van der Waals surface area contributed by atoms with Gasteiger partial charge in [-0.25, -0.2) is 26.9 Å². The second-order valence-corrected chi connectivity index (χ2v) is 13.0. The number of sulfonamides is 1. The Morgan fingerprint density at radius 3 is 2.43 bits per heavy atom. The van der Waals surface area contributed by atoms with Crippen LogP contribution in [0.2, 0.25) is 0 Å². The molecule has 2 heterocycles. The van der Waals surface area contributed by atoms with E-state index in [-0.39, 0.29) is 29.5 Å². The number of hydrogen-bond donors (Lipinski definition) is 4. The predicted molar refractivity (Wildman–Crippen MR) is 166 cm³/mol. The average molecular weight is 621 g/mol. The van der Waals surface area contributed by atoms with Gasteiger partial charge in [-0.2, -0.15) is 4.98 Å². The Balaban J connectivity index is 1.30. The lowest BCUT2D eigenvalue weighted by atomic mass is 9.82. The number of benzene rings is 3. The van der Waals surface area contributed by atoms with E-state index in [9.17, 15) is 22.0 Å². The van der Waals surface area contributed by atoms with Gasteiger partial charge in [0.25, 0.3) is 5.92 Å². The lowest BCUT2D eigenvalue weighted by molar-refractivity contribution is -0.125. The van der Waals surface area contributed by atoms with Crippen LogP contribution in [0.1, 0.15) is 43.9 Å². The SMILES string of the molecule is CC(F)(F)c1cccc(C(C)(C)C(=O)NCc2ccc(-c3cnc4nc3NCCCNS(=O)(=O)c3cccc(c3)N4)cc2)c1. The number of carbonyl (C=O) groups excluding carboxylic acids is 1. The van der Waals surface area contributed by atoms with Crippen LogP contribution in [0.4, 0.5) is 26.2 Å². The minimum absolute atomic E-state index is 0.134. The van der Waals surface area contributed by atoms with E-state index in [0.717, 1.165) is 23.6 Å². The van der Waals surface area contributed by atoms with E-state index in [0.29, 0.717) is 36.0 Å². The number of rotatable bonds is 6. The highest BCUT2D eigenvalue weighted by atomic mass is 32.2. The maximum absolute atomic E-state index is 13.9. The summed E-state index contributed by atoms with van der Waals surface area (Å²) in [5.74, 6) is -2.38. The summed E-state index contributed by atoms with van der Waals surface area (Å²) in [5.41, 5.74) is 2.35. The van der Waals surface area contributed by atoms with E-state index in [1.165, 1.54) is 24.3 Å². The van der Waals surface area contributed by atoms with Gasteiger partial charge in [-0.1, -0.05) is 48.5 Å². The van der Waals surface area contributed by atoms with Gasteiger partial charge < -0.3 is 16.0 Å². The molecule has 1 aliphatic heterocycles. The Morgan fingerprint density at radius 2 is 1.68 bits per heavy atom. The molecule has 1 aromatic heterocycles. The van der Waals surface area contributed by atoms with Crippen molar-refractivity contribution in [2.45, 2.75) is 50.0 Å². The van der Waals surface area contributed by atoms with Crippen molar-refractivity contribution in [3.05, 3.63) is 95.7 Å². The summed E-state index contributed by atoms with van der Waals surface area (Å²) in [6.45, 7) is 5.25. The van der Waals surface area contributed by atoms with Gasteiger partial charge in [0.05, 0.1) is 10.3 Å². The minimum Gasteiger partial charge on any atom is -0.369 e. The van der Waals surface area contributed by atoms with Crippen LogP contribution in [-0.4, -0.2) is 37.4 Å². The Labute approximate surface area is 255 Å². The largest absolute Gasteiger partial charge is 0.369 e. The zero-order valence-electron chi connectivity index (χ0n) is 24.6. The van der Waals surface area contributed by atoms with Crippen LogP contribution in [0.15, 0.2) is 83.9 Å². The molecule has 0 unspecified atom stereocenters. The first-order valence-electron chi connectivity index (χ1n) is 14.2. The van der Waals surface area contributed by atoms with Crippen molar-refractivity contribution in [2.75, 3.05) is 23.7 Å². The molecule has 1 amide bonds. The van der Waals surface area contributed by atoms with Crippen molar-refractivity contribution in [3.63, 3.8) is 0 Å². The summed E-state index contributed by atoms with van der Waals surface area (Å²) in [5, 5.41) is 9.30. The van der Waals surface area contributed by atoms with Crippen LogP contribution in [0.3, 0.4) is 0 Å². The van der Waals surface area contributed by atoms with Crippen molar-refractivity contribution in [1.82, 2.24) is 20.0 Å². The number of amides is 1. The molecule has 4 N–H and O–H groups in total. The van der Waals surface area contributed by atoms with Gasteiger partial charge in [0.1, 0.15) is 5.82 Å². The Kier molecular flexibility index (Phi) is 8.66. The van der Waals surface area contributed by atoms with E-state index in [4.69, 9.17) is 0 Å². The summed E-state index contributed by atoms with van der Waals surface area (Å²) in [7, 11) is -3.64. The molecule has 230 valence electrons. The normalized spacial score (nSPS) is 15.0. The average Bonchev–Trinajstić information content (AvgIpc) is 3.00. The van der Waals surface area contributed by atoms with Crippen molar-refractivity contribution >= 4 is 33.4 Å². The van der Waals surface area contributed by atoms with Gasteiger partial charge >= 0.3 is 0 Å².